The van der Waals surface area contributed by atoms with Gasteiger partial charge >= 0.3 is 0 Å². The summed E-state index contributed by atoms with van der Waals surface area (Å²) in [6.45, 7) is 0. The van der Waals surface area contributed by atoms with Crippen molar-refractivity contribution in [2.24, 2.45) is 0 Å². The highest BCUT2D eigenvalue weighted by Crippen LogP contribution is 2.67. The summed E-state index contributed by atoms with van der Waals surface area (Å²) in [6, 6.07) is 149. The molecular weight excluding hydrogens is 1460 g/mol. The van der Waals surface area contributed by atoms with E-state index >= 15 is 0 Å². The van der Waals surface area contributed by atoms with Gasteiger partial charge in [0.05, 0.1) is 56.9 Å². The average molecular weight is 1530 g/mol. The number of fused-ring (bicyclic) bond motifs is 19. The Morgan fingerprint density at radius 2 is 0.525 bits per heavy atom. The lowest BCUT2D eigenvalue weighted by Crippen LogP contribution is -2.32. The van der Waals surface area contributed by atoms with Gasteiger partial charge in [-0.05, 0) is 160 Å². The van der Waals surface area contributed by atoms with Gasteiger partial charge < -0.3 is 9.47 Å². The summed E-state index contributed by atoms with van der Waals surface area (Å²) in [5.41, 5.74) is 32.1. The molecule has 2 atom stereocenters. The number of para-hydroxylation sites is 4. The predicted molar refractivity (Wildman–Crippen MR) is 480 cm³/mol. The van der Waals surface area contributed by atoms with Crippen LogP contribution in [-0.4, -0.2) is 19.9 Å². The highest BCUT2D eigenvalue weighted by atomic mass is 16.5. The predicted octanol–water partition coefficient (Wildman–Crippen LogP) is 27.5. The van der Waals surface area contributed by atoms with Crippen LogP contribution in [0.5, 0.6) is 23.0 Å². The van der Waals surface area contributed by atoms with Gasteiger partial charge in [-0.2, -0.15) is 10.5 Å². The Hall–Kier alpha value is -16.3. The molecule has 558 valence electrons. The average Bonchev–Trinajstić information content (AvgIpc) is 1.49. The van der Waals surface area contributed by atoms with Crippen LogP contribution in [0, 0.1) is 22.7 Å². The van der Waals surface area contributed by atoms with E-state index in [1.807, 2.05) is 121 Å². The zero-order valence-electron chi connectivity index (χ0n) is 64.8. The quantitative estimate of drug-likeness (QED) is 0.133. The van der Waals surface area contributed by atoms with E-state index < -0.39 is 10.8 Å². The summed E-state index contributed by atoms with van der Waals surface area (Å²) in [4.78, 5) is 20.7. The first kappa shape index (κ1) is 70.4. The molecule has 0 saturated carbocycles. The summed E-state index contributed by atoms with van der Waals surface area (Å²) >= 11 is 0. The summed E-state index contributed by atoms with van der Waals surface area (Å²) < 4.78 is 14.2. The van der Waals surface area contributed by atoms with Crippen LogP contribution in [0.25, 0.3) is 145 Å². The Morgan fingerprint density at radius 3 is 0.992 bits per heavy atom. The van der Waals surface area contributed by atoms with Gasteiger partial charge in [-0.25, -0.2) is 19.9 Å². The lowest BCUT2D eigenvalue weighted by molar-refractivity contribution is 0.437. The van der Waals surface area contributed by atoms with E-state index in [1.54, 1.807) is 0 Å². The van der Waals surface area contributed by atoms with Crippen molar-refractivity contribution in [3.63, 3.8) is 0 Å². The van der Waals surface area contributed by atoms with Crippen LogP contribution < -0.4 is 9.47 Å². The molecule has 0 radical (unpaired) electrons. The first-order valence-corrected chi connectivity index (χ1v) is 40.3. The van der Waals surface area contributed by atoms with E-state index in [0.717, 1.165) is 135 Å². The molecule has 0 saturated heterocycles. The fourth-order valence-corrected chi connectivity index (χ4v) is 19.0. The maximum atomic E-state index is 9.48. The van der Waals surface area contributed by atoms with E-state index in [4.69, 9.17) is 29.4 Å². The molecule has 2 aliphatic carbocycles. The Bertz CT molecular complexity index is 7290. The molecule has 0 amide bonds. The van der Waals surface area contributed by atoms with E-state index in [9.17, 15) is 10.5 Å². The number of nitrogens with zero attached hydrogens (tertiary/aromatic N) is 6. The largest absolute Gasteiger partial charge is 0.456 e. The van der Waals surface area contributed by atoms with Gasteiger partial charge in [0.15, 0.2) is 11.6 Å². The third-order valence-electron chi connectivity index (χ3n) is 24.3. The highest BCUT2D eigenvalue weighted by Gasteiger charge is 2.54. The molecule has 0 N–H and O–H groups in total. The van der Waals surface area contributed by atoms with E-state index in [0.29, 0.717) is 22.8 Å². The lowest BCUT2D eigenvalue weighted by atomic mass is 9.65. The summed E-state index contributed by atoms with van der Waals surface area (Å²) in [7, 11) is 0. The zero-order chi connectivity index (χ0) is 79.8. The molecule has 0 bridgehead atoms. The third-order valence-corrected chi connectivity index (χ3v) is 24.3. The Kier molecular flexibility index (Phi) is 17.0. The number of hydrogen-bond donors (Lipinski definition) is 0. The Labute approximate surface area is 694 Å². The summed E-state index contributed by atoms with van der Waals surface area (Å²) in [6.07, 6.45) is 0. The minimum atomic E-state index is -0.697. The van der Waals surface area contributed by atoms with Gasteiger partial charge in [0.2, 0.25) is 0 Å². The van der Waals surface area contributed by atoms with Crippen LogP contribution in [0.2, 0.25) is 0 Å². The third kappa shape index (κ3) is 11.3. The molecule has 0 fully saturated rings. The highest BCUT2D eigenvalue weighted by molar-refractivity contribution is 6.09. The van der Waals surface area contributed by atoms with Crippen molar-refractivity contribution in [1.82, 2.24) is 19.9 Å². The Balaban J connectivity index is 0.000000144. The van der Waals surface area contributed by atoms with Crippen LogP contribution in [0.1, 0.15) is 55.6 Å². The first-order valence-electron chi connectivity index (χ1n) is 40.3. The fraction of sp³-hybridized carbons (Fsp3) is 0.0179. The second-order valence-corrected chi connectivity index (χ2v) is 30.7. The van der Waals surface area contributed by atoms with Crippen molar-refractivity contribution >= 4 is 10.8 Å². The van der Waals surface area contributed by atoms with E-state index in [1.165, 1.54) is 66.6 Å². The number of ether oxygens (including phenoxy) is 2. The van der Waals surface area contributed by atoms with Crippen LogP contribution in [0.3, 0.4) is 0 Å². The molecule has 17 aromatic carbocycles. The molecule has 2 aromatic heterocycles. The maximum Gasteiger partial charge on any atom is 0.160 e. The van der Waals surface area contributed by atoms with Crippen LogP contribution in [-0.2, 0) is 10.8 Å². The molecule has 4 aliphatic rings. The molecule has 120 heavy (non-hydrogen) atoms. The second kappa shape index (κ2) is 28.9. The number of hydrogen-bond acceptors (Lipinski definition) is 8. The van der Waals surface area contributed by atoms with E-state index in [2.05, 4.69) is 303 Å². The molecule has 2 spiro atoms. The number of aromatic nitrogens is 4. The lowest BCUT2D eigenvalue weighted by Gasteiger charge is -2.40. The topological polar surface area (TPSA) is 118 Å². The van der Waals surface area contributed by atoms with Crippen molar-refractivity contribution in [1.29, 1.82) is 10.5 Å². The molecule has 2 unspecified atom stereocenters. The number of rotatable bonds is 10. The molecule has 19 aromatic rings. The van der Waals surface area contributed by atoms with Crippen molar-refractivity contribution in [2.75, 3.05) is 0 Å². The van der Waals surface area contributed by atoms with E-state index in [-0.39, 0.29) is 0 Å². The Morgan fingerprint density at radius 1 is 0.208 bits per heavy atom. The monoisotopic (exact) mass is 1530 g/mol. The fourth-order valence-electron chi connectivity index (χ4n) is 19.0. The van der Waals surface area contributed by atoms with Gasteiger partial charge in [0, 0.05) is 55.6 Å². The van der Waals surface area contributed by atoms with Crippen molar-refractivity contribution < 1.29 is 9.47 Å². The van der Waals surface area contributed by atoms with Crippen molar-refractivity contribution in [2.45, 2.75) is 10.8 Å². The summed E-state index contributed by atoms with van der Waals surface area (Å²) in [5, 5.41) is 21.1. The van der Waals surface area contributed by atoms with Crippen molar-refractivity contribution in [3.05, 3.63) is 468 Å². The second-order valence-electron chi connectivity index (χ2n) is 30.7. The zero-order valence-corrected chi connectivity index (χ0v) is 64.8. The van der Waals surface area contributed by atoms with Gasteiger partial charge in [-0.3, -0.25) is 0 Å². The smallest absolute Gasteiger partial charge is 0.160 e. The minimum absolute atomic E-state index is 0.649. The molecular formula is C112H68N6O2. The van der Waals surface area contributed by atoms with Gasteiger partial charge in [-0.1, -0.05) is 352 Å². The number of nitriles is 2. The molecule has 23 rings (SSSR count). The molecule has 8 nitrogen and oxygen atoms in total. The van der Waals surface area contributed by atoms with Crippen LogP contribution in [0.4, 0.5) is 0 Å². The van der Waals surface area contributed by atoms with Crippen LogP contribution in [0.15, 0.2) is 413 Å². The normalized spacial score (nSPS) is 14.3. The minimum Gasteiger partial charge on any atom is -0.456 e. The van der Waals surface area contributed by atoms with Gasteiger partial charge in [0.1, 0.15) is 23.0 Å². The first-order chi connectivity index (χ1) is 59.4. The van der Waals surface area contributed by atoms with Crippen molar-refractivity contribution in [3.8, 4) is 170 Å². The molecule has 4 heterocycles. The standard InChI is InChI=1S/C58H35N3O.C54H33N3O/c59-36-37-29-31-38(32-30-37)41-33-34-44(43-20-8-7-19-42(41)43)45-22-13-26-50-55(45)46-21-9-10-24-48(46)58(50)49-25-11-12-28-54(49)62-56-47(23-14-27-51(56)58)53-35-52(39-15-3-1-4-16-39)60-57(61-53)40-17-5-2-6-18-40;55-34-35-25-27-36(28-26-35)37-29-31-38(32-30-37)41-18-11-22-46-51(41)42-17-7-8-20-44(42)54(46)45-21-9-10-24-50(45)58-52-43(19-12-23-47(52)54)49-33-48(39-13-3-1-4-14-39)56-53(57-49)40-15-5-2-6-16-40/h1-35H;1-33H. The van der Waals surface area contributed by atoms with Gasteiger partial charge in [0.25, 0.3) is 0 Å². The number of benzene rings is 17. The molecule has 2 aliphatic heterocycles. The molecule has 8 heteroatoms. The SMILES string of the molecule is N#Cc1ccc(-c2ccc(-c3cccc4c3-c3ccccc3C43c4ccccc4Oc4c(-c5cc(-c6ccccc6)nc(-c6ccccc6)n5)cccc43)c3ccccc23)cc1.N#Cc1ccc(-c2ccc(-c3cccc4c3-c3ccccc3C43c4ccccc4Oc4c(-c5cc(-c6ccccc6)nc(-c6ccccc6)n5)cccc43)cc2)cc1. The summed E-state index contributed by atoms with van der Waals surface area (Å²) in [5.74, 6) is 4.53. The maximum absolute atomic E-state index is 9.48. The van der Waals surface area contributed by atoms with Gasteiger partial charge in [-0.15, -0.1) is 0 Å². The van der Waals surface area contributed by atoms with Crippen LogP contribution >= 0.6 is 0 Å².